The summed E-state index contributed by atoms with van der Waals surface area (Å²) in [5, 5.41) is 16.4. The van der Waals surface area contributed by atoms with Crippen molar-refractivity contribution >= 4 is 15.7 Å². The summed E-state index contributed by atoms with van der Waals surface area (Å²) >= 11 is 0. The first-order chi connectivity index (χ1) is 14.9. The van der Waals surface area contributed by atoms with E-state index in [1.165, 1.54) is 0 Å². The van der Waals surface area contributed by atoms with E-state index in [-0.39, 0.29) is 23.8 Å². The second kappa shape index (κ2) is 8.32. The maximum Gasteiger partial charge on any atom is 0.246 e. The SMILES string of the molecule is COc1ccc(-c2nnc3ccc(OCCNS(=O)(=O)c4c(C)noc4C)nn23)cc1. The van der Waals surface area contributed by atoms with Crippen LogP contribution < -0.4 is 14.2 Å². The van der Waals surface area contributed by atoms with Crippen molar-refractivity contribution in [1.29, 1.82) is 0 Å². The molecule has 0 aliphatic heterocycles. The van der Waals surface area contributed by atoms with Crippen molar-refractivity contribution in [2.75, 3.05) is 20.3 Å². The Morgan fingerprint density at radius 2 is 1.87 bits per heavy atom. The van der Waals surface area contributed by atoms with E-state index in [0.29, 0.717) is 23.0 Å². The molecular formula is C19H20N6O5S. The molecule has 3 aromatic heterocycles. The van der Waals surface area contributed by atoms with Gasteiger partial charge in [0.25, 0.3) is 0 Å². The summed E-state index contributed by atoms with van der Waals surface area (Å²) in [4.78, 5) is 0.0423. The van der Waals surface area contributed by atoms with Crippen molar-refractivity contribution in [1.82, 2.24) is 29.7 Å². The van der Waals surface area contributed by atoms with Crippen LogP contribution in [0.1, 0.15) is 11.5 Å². The van der Waals surface area contributed by atoms with Crippen molar-refractivity contribution < 1.29 is 22.4 Å². The topological polar surface area (TPSA) is 134 Å². The molecule has 0 saturated heterocycles. The third kappa shape index (κ3) is 4.20. The third-order valence-electron chi connectivity index (χ3n) is 4.47. The molecule has 31 heavy (non-hydrogen) atoms. The number of nitrogens with zero attached hydrogens (tertiary/aromatic N) is 5. The van der Waals surface area contributed by atoms with Gasteiger partial charge in [-0.05, 0) is 44.2 Å². The van der Waals surface area contributed by atoms with Gasteiger partial charge in [-0.2, -0.15) is 4.52 Å². The van der Waals surface area contributed by atoms with Gasteiger partial charge in [-0.3, -0.25) is 0 Å². The molecule has 1 N–H and O–H groups in total. The number of hydrogen-bond donors (Lipinski definition) is 1. The van der Waals surface area contributed by atoms with Crippen LogP contribution in [0.3, 0.4) is 0 Å². The summed E-state index contributed by atoms with van der Waals surface area (Å²) < 4.78 is 44.6. The smallest absolute Gasteiger partial charge is 0.246 e. The highest BCUT2D eigenvalue weighted by atomic mass is 32.2. The molecule has 0 fully saturated rings. The molecule has 0 amide bonds. The normalized spacial score (nSPS) is 11.7. The number of rotatable bonds is 8. The molecule has 0 aliphatic rings. The number of sulfonamides is 1. The lowest BCUT2D eigenvalue weighted by Gasteiger charge is -2.08. The Balaban J connectivity index is 1.44. The zero-order chi connectivity index (χ0) is 22.0. The third-order valence-corrected chi connectivity index (χ3v) is 6.17. The molecule has 0 bridgehead atoms. The standard InChI is InChI=1S/C19H20N6O5S/c1-12-18(13(2)30-24-12)31(26,27)20-10-11-29-17-9-8-16-21-22-19(25(16)23-17)14-4-6-15(28-3)7-5-14/h4-9,20H,10-11H2,1-3H3. The predicted molar refractivity (Wildman–Crippen MR) is 109 cm³/mol. The van der Waals surface area contributed by atoms with Crippen LogP contribution in [-0.4, -0.2) is 53.6 Å². The first kappa shape index (κ1) is 20.8. The molecular weight excluding hydrogens is 424 g/mol. The molecule has 12 heteroatoms. The van der Waals surface area contributed by atoms with E-state index >= 15 is 0 Å². The summed E-state index contributed by atoms with van der Waals surface area (Å²) in [7, 11) is -2.15. The minimum atomic E-state index is -3.75. The Kier molecular flexibility index (Phi) is 5.57. The van der Waals surface area contributed by atoms with Gasteiger partial charge in [0.1, 0.15) is 22.9 Å². The van der Waals surface area contributed by atoms with Gasteiger partial charge in [0.2, 0.25) is 15.9 Å². The molecule has 0 unspecified atom stereocenters. The summed E-state index contributed by atoms with van der Waals surface area (Å²) in [5.41, 5.74) is 1.67. The monoisotopic (exact) mass is 444 g/mol. The number of hydrogen-bond acceptors (Lipinski definition) is 9. The molecule has 0 atom stereocenters. The number of fused-ring (bicyclic) bond motifs is 1. The molecule has 0 spiro atoms. The molecule has 1 aromatic carbocycles. The Morgan fingerprint density at radius 1 is 1.10 bits per heavy atom. The Labute approximate surface area is 178 Å². The lowest BCUT2D eigenvalue weighted by atomic mass is 10.2. The minimum Gasteiger partial charge on any atom is -0.497 e. The highest BCUT2D eigenvalue weighted by molar-refractivity contribution is 7.89. The Bertz CT molecular complexity index is 1290. The minimum absolute atomic E-state index is 0.0413. The lowest BCUT2D eigenvalue weighted by molar-refractivity contribution is 0.306. The number of methoxy groups -OCH3 is 1. The fourth-order valence-corrected chi connectivity index (χ4v) is 4.37. The van der Waals surface area contributed by atoms with E-state index < -0.39 is 10.0 Å². The molecule has 3 heterocycles. The van der Waals surface area contributed by atoms with Crippen LogP contribution in [0.5, 0.6) is 11.6 Å². The van der Waals surface area contributed by atoms with Gasteiger partial charge >= 0.3 is 0 Å². The first-order valence-corrected chi connectivity index (χ1v) is 10.8. The van der Waals surface area contributed by atoms with Gasteiger partial charge < -0.3 is 14.0 Å². The molecule has 4 aromatic rings. The highest BCUT2D eigenvalue weighted by Crippen LogP contribution is 2.22. The van der Waals surface area contributed by atoms with Gasteiger partial charge in [0.15, 0.2) is 17.2 Å². The van der Waals surface area contributed by atoms with Crippen molar-refractivity contribution in [2.24, 2.45) is 0 Å². The maximum absolute atomic E-state index is 12.4. The Hall–Kier alpha value is -3.51. The van der Waals surface area contributed by atoms with Gasteiger partial charge in [-0.25, -0.2) is 13.1 Å². The van der Waals surface area contributed by atoms with E-state index in [1.54, 1.807) is 37.6 Å². The predicted octanol–water partition coefficient (Wildman–Crippen LogP) is 1.76. The zero-order valence-electron chi connectivity index (χ0n) is 17.1. The average molecular weight is 444 g/mol. The molecule has 0 radical (unpaired) electrons. The van der Waals surface area contributed by atoms with Crippen LogP contribution in [0.15, 0.2) is 45.8 Å². The summed E-state index contributed by atoms with van der Waals surface area (Å²) in [6, 6.07) is 10.7. The number of aryl methyl sites for hydroxylation is 2. The Morgan fingerprint density at radius 3 is 2.55 bits per heavy atom. The van der Waals surface area contributed by atoms with Crippen LogP contribution in [0.2, 0.25) is 0 Å². The number of ether oxygens (including phenoxy) is 2. The van der Waals surface area contributed by atoms with Crippen LogP contribution in [0.4, 0.5) is 0 Å². The second-order valence-electron chi connectivity index (χ2n) is 6.59. The van der Waals surface area contributed by atoms with Crippen LogP contribution in [0.25, 0.3) is 17.0 Å². The molecule has 0 saturated carbocycles. The van der Waals surface area contributed by atoms with E-state index in [1.807, 2.05) is 24.3 Å². The van der Waals surface area contributed by atoms with Crippen LogP contribution in [-0.2, 0) is 10.0 Å². The van der Waals surface area contributed by atoms with Gasteiger partial charge in [0.05, 0.1) is 7.11 Å². The van der Waals surface area contributed by atoms with E-state index in [0.717, 1.165) is 11.3 Å². The van der Waals surface area contributed by atoms with E-state index in [9.17, 15) is 8.42 Å². The number of benzene rings is 1. The average Bonchev–Trinajstić information content (AvgIpc) is 3.34. The van der Waals surface area contributed by atoms with Crippen molar-refractivity contribution in [3.8, 4) is 23.0 Å². The van der Waals surface area contributed by atoms with Crippen molar-refractivity contribution in [3.05, 3.63) is 47.9 Å². The lowest BCUT2D eigenvalue weighted by Crippen LogP contribution is -2.29. The number of nitrogens with one attached hydrogen (secondary N) is 1. The van der Waals surface area contributed by atoms with Gasteiger partial charge in [0, 0.05) is 18.2 Å². The van der Waals surface area contributed by atoms with E-state index in [4.69, 9.17) is 14.0 Å². The fourth-order valence-electron chi connectivity index (χ4n) is 3.03. The van der Waals surface area contributed by atoms with Gasteiger partial charge in [-0.1, -0.05) is 5.16 Å². The largest absolute Gasteiger partial charge is 0.497 e. The molecule has 4 rings (SSSR count). The summed E-state index contributed by atoms with van der Waals surface area (Å²) in [6.45, 7) is 3.23. The first-order valence-electron chi connectivity index (χ1n) is 9.31. The highest BCUT2D eigenvalue weighted by Gasteiger charge is 2.23. The second-order valence-corrected chi connectivity index (χ2v) is 8.30. The van der Waals surface area contributed by atoms with E-state index in [2.05, 4.69) is 25.2 Å². The van der Waals surface area contributed by atoms with Crippen molar-refractivity contribution in [2.45, 2.75) is 18.7 Å². The number of aromatic nitrogens is 5. The quantitative estimate of drug-likeness (QED) is 0.403. The molecule has 0 aliphatic carbocycles. The van der Waals surface area contributed by atoms with Crippen LogP contribution >= 0.6 is 0 Å². The van der Waals surface area contributed by atoms with Crippen molar-refractivity contribution in [3.63, 3.8) is 0 Å². The van der Waals surface area contributed by atoms with Gasteiger partial charge in [-0.15, -0.1) is 15.3 Å². The summed E-state index contributed by atoms with van der Waals surface area (Å²) in [5.74, 6) is 1.81. The molecule has 162 valence electrons. The molecule has 11 nitrogen and oxygen atoms in total. The van der Waals surface area contributed by atoms with Crippen LogP contribution in [0, 0.1) is 13.8 Å². The fraction of sp³-hybridized carbons (Fsp3) is 0.263. The maximum atomic E-state index is 12.4. The zero-order valence-corrected chi connectivity index (χ0v) is 17.9. The summed E-state index contributed by atoms with van der Waals surface area (Å²) in [6.07, 6.45) is 0.